The summed E-state index contributed by atoms with van der Waals surface area (Å²) in [7, 11) is 0. The second kappa shape index (κ2) is 6.88. The van der Waals surface area contributed by atoms with Crippen molar-refractivity contribution in [3.8, 4) is 0 Å². The van der Waals surface area contributed by atoms with E-state index in [1.165, 1.54) is 22.0 Å². The third-order valence-corrected chi connectivity index (χ3v) is 5.62. The Morgan fingerprint density at radius 2 is 1.87 bits per heavy atom. The van der Waals surface area contributed by atoms with Crippen molar-refractivity contribution >= 4 is 22.3 Å². The molecule has 128 valence electrons. The summed E-state index contributed by atoms with van der Waals surface area (Å²) in [4.78, 5) is 0. The molecular weight excluding hydrogens is 304 g/mol. The molecule has 0 spiro atoms. The molecule has 1 N–H and O–H groups in total. The van der Waals surface area contributed by atoms with E-state index in [0.717, 1.165) is 6.54 Å². The van der Waals surface area contributed by atoms with Gasteiger partial charge in [0.2, 0.25) is 0 Å². The van der Waals surface area contributed by atoms with Gasteiger partial charge in [-0.25, -0.2) is 0 Å². The van der Waals surface area contributed by atoms with Crippen molar-refractivity contribution in [2.45, 2.75) is 65.8 Å². The van der Waals surface area contributed by atoms with Crippen molar-refractivity contribution in [3.63, 3.8) is 0 Å². The summed E-state index contributed by atoms with van der Waals surface area (Å²) in [5.41, 5.74) is 3.76. The Bertz CT molecular complexity index is 670. The van der Waals surface area contributed by atoms with E-state index in [-0.39, 0.29) is 10.8 Å². The van der Waals surface area contributed by atoms with Crippen LogP contribution in [0.3, 0.4) is 0 Å². The highest BCUT2D eigenvalue weighted by atomic mass is 32.2. The normalized spacial score (nSPS) is 15.3. The molecule has 0 radical (unpaired) electrons. The van der Waals surface area contributed by atoms with Gasteiger partial charge in [0, 0.05) is 35.0 Å². The lowest BCUT2D eigenvalue weighted by Crippen LogP contribution is -2.40. The summed E-state index contributed by atoms with van der Waals surface area (Å²) in [6.07, 6.45) is 2.22. The van der Waals surface area contributed by atoms with Crippen molar-refractivity contribution in [2.24, 2.45) is 5.92 Å². The van der Waals surface area contributed by atoms with E-state index in [1.54, 1.807) is 0 Å². The van der Waals surface area contributed by atoms with Crippen LogP contribution >= 0.6 is 0 Å². The minimum atomic E-state index is -1.08. The van der Waals surface area contributed by atoms with Crippen LogP contribution in [0, 0.1) is 12.8 Å². The van der Waals surface area contributed by atoms with Gasteiger partial charge in [-0.2, -0.15) is 0 Å². The smallest absolute Gasteiger partial charge is 0.136 e. The summed E-state index contributed by atoms with van der Waals surface area (Å²) in [5.74, 6) is 0.589. The zero-order valence-electron chi connectivity index (χ0n) is 15.4. The zero-order chi connectivity index (χ0) is 17.4. The van der Waals surface area contributed by atoms with Gasteiger partial charge in [0.05, 0.1) is 6.04 Å². The van der Waals surface area contributed by atoms with E-state index < -0.39 is 11.4 Å². The van der Waals surface area contributed by atoms with Crippen molar-refractivity contribution < 1.29 is 4.55 Å². The van der Waals surface area contributed by atoms with Gasteiger partial charge < -0.3 is 9.12 Å². The van der Waals surface area contributed by atoms with Crippen molar-refractivity contribution in [3.05, 3.63) is 35.5 Å². The highest BCUT2D eigenvalue weighted by molar-refractivity contribution is 7.90. The number of rotatable bonds is 5. The monoisotopic (exact) mass is 334 g/mol. The average Bonchev–Trinajstić information content (AvgIpc) is 2.75. The van der Waals surface area contributed by atoms with Crippen LogP contribution in [-0.4, -0.2) is 13.9 Å². The first-order chi connectivity index (χ1) is 10.6. The van der Waals surface area contributed by atoms with Gasteiger partial charge in [0.1, 0.15) is 4.75 Å². The lowest BCUT2D eigenvalue weighted by molar-refractivity contribution is 0.525. The molecule has 1 unspecified atom stereocenters. The second-order valence-corrected chi connectivity index (χ2v) is 9.87. The lowest BCUT2D eigenvalue weighted by Gasteiger charge is -2.26. The minimum absolute atomic E-state index is 0.0497. The van der Waals surface area contributed by atoms with Crippen molar-refractivity contribution in [1.82, 2.24) is 9.29 Å². The van der Waals surface area contributed by atoms with Crippen LogP contribution < -0.4 is 4.72 Å². The average molecular weight is 335 g/mol. The van der Waals surface area contributed by atoms with E-state index in [0.29, 0.717) is 5.92 Å². The van der Waals surface area contributed by atoms with Crippen LogP contribution in [0.4, 0.5) is 0 Å². The van der Waals surface area contributed by atoms with Gasteiger partial charge in [-0.1, -0.05) is 26.0 Å². The number of fused-ring (bicyclic) bond motifs is 1. The molecule has 2 atom stereocenters. The SMILES string of the molecule is Cc1ccc2c([C@@H](C)N[S+]([O-])C(C)(C)C)cn(CC(C)C)c2c1. The summed E-state index contributed by atoms with van der Waals surface area (Å²) in [6.45, 7) is 15.7. The molecule has 2 rings (SSSR count). The third kappa shape index (κ3) is 4.31. The quantitative estimate of drug-likeness (QED) is 0.804. The summed E-state index contributed by atoms with van der Waals surface area (Å²) in [6, 6.07) is 6.64. The Morgan fingerprint density at radius 3 is 2.43 bits per heavy atom. The molecule has 0 amide bonds. The van der Waals surface area contributed by atoms with Crippen LogP contribution in [-0.2, 0) is 17.9 Å². The lowest BCUT2D eigenvalue weighted by atomic mass is 10.1. The Balaban J connectivity index is 2.40. The number of nitrogens with one attached hydrogen (secondary N) is 1. The Hall–Kier alpha value is -0.970. The van der Waals surface area contributed by atoms with E-state index >= 15 is 0 Å². The van der Waals surface area contributed by atoms with Gasteiger partial charge in [-0.3, -0.25) is 0 Å². The number of benzene rings is 1. The number of aromatic nitrogens is 1. The van der Waals surface area contributed by atoms with E-state index in [9.17, 15) is 4.55 Å². The molecule has 0 aliphatic heterocycles. The van der Waals surface area contributed by atoms with Gasteiger partial charge >= 0.3 is 0 Å². The Kier molecular flexibility index (Phi) is 5.49. The van der Waals surface area contributed by atoms with Crippen LogP contribution in [0.15, 0.2) is 24.4 Å². The predicted molar refractivity (Wildman–Crippen MR) is 101 cm³/mol. The first-order valence-electron chi connectivity index (χ1n) is 8.37. The van der Waals surface area contributed by atoms with E-state index in [4.69, 9.17) is 0 Å². The van der Waals surface area contributed by atoms with E-state index in [1.807, 2.05) is 20.8 Å². The van der Waals surface area contributed by atoms with Crippen molar-refractivity contribution in [1.29, 1.82) is 0 Å². The van der Waals surface area contributed by atoms with E-state index in [2.05, 4.69) is 61.4 Å². The number of aryl methyl sites for hydroxylation is 1. The predicted octanol–water partition coefficient (Wildman–Crippen LogP) is 4.72. The molecule has 1 aromatic heterocycles. The Labute approximate surface area is 143 Å². The number of hydrogen-bond acceptors (Lipinski definition) is 2. The molecule has 3 nitrogen and oxygen atoms in total. The first kappa shape index (κ1) is 18.4. The molecule has 0 bridgehead atoms. The maximum atomic E-state index is 12.4. The number of nitrogens with zero attached hydrogens (tertiary/aromatic N) is 1. The molecule has 0 saturated carbocycles. The molecule has 0 fully saturated rings. The van der Waals surface area contributed by atoms with Crippen LogP contribution in [0.5, 0.6) is 0 Å². The highest BCUT2D eigenvalue weighted by Crippen LogP contribution is 2.29. The maximum Gasteiger partial charge on any atom is 0.136 e. The fraction of sp³-hybridized carbons (Fsp3) is 0.579. The minimum Gasteiger partial charge on any atom is -0.598 e. The molecule has 0 aliphatic carbocycles. The topological polar surface area (TPSA) is 40.0 Å². The maximum absolute atomic E-state index is 12.4. The number of hydrogen-bond donors (Lipinski definition) is 1. The Morgan fingerprint density at radius 1 is 1.22 bits per heavy atom. The molecule has 0 saturated heterocycles. The van der Waals surface area contributed by atoms with Gasteiger partial charge in [-0.15, -0.1) is 4.72 Å². The van der Waals surface area contributed by atoms with Crippen molar-refractivity contribution in [2.75, 3.05) is 0 Å². The molecule has 2 aromatic rings. The van der Waals surface area contributed by atoms with Gasteiger partial charge in [0.15, 0.2) is 0 Å². The van der Waals surface area contributed by atoms with Crippen LogP contribution in [0.1, 0.15) is 58.7 Å². The molecule has 1 heterocycles. The summed E-state index contributed by atoms with van der Waals surface area (Å²) in [5, 5.41) is 1.25. The summed E-state index contributed by atoms with van der Waals surface area (Å²) >= 11 is -1.08. The fourth-order valence-electron chi connectivity index (χ4n) is 2.72. The standard InChI is InChI=1S/C19H30N2OS/c1-13(2)11-21-12-17(15(4)20-23(22)19(5,6)7)16-9-8-14(3)10-18(16)21/h8-10,12-13,15,20H,11H2,1-7H3/t15-,23?/m1/s1. The molecule has 23 heavy (non-hydrogen) atoms. The fourth-order valence-corrected chi connectivity index (χ4v) is 3.52. The molecule has 1 aromatic carbocycles. The second-order valence-electron chi connectivity index (χ2n) is 7.87. The van der Waals surface area contributed by atoms with Gasteiger partial charge in [-0.05, 0) is 57.7 Å². The largest absolute Gasteiger partial charge is 0.598 e. The van der Waals surface area contributed by atoms with Crippen LogP contribution in [0.25, 0.3) is 10.9 Å². The molecule has 0 aliphatic rings. The third-order valence-electron chi connectivity index (χ3n) is 3.94. The van der Waals surface area contributed by atoms with Crippen LogP contribution in [0.2, 0.25) is 0 Å². The first-order valence-corrected chi connectivity index (χ1v) is 9.52. The molecule has 4 heteroatoms. The highest BCUT2D eigenvalue weighted by Gasteiger charge is 2.29. The van der Waals surface area contributed by atoms with Gasteiger partial charge in [0.25, 0.3) is 0 Å². The molecular formula is C19H30N2OS. The summed E-state index contributed by atoms with van der Waals surface area (Å²) < 4.78 is 17.8. The zero-order valence-corrected chi connectivity index (χ0v) is 16.3.